The van der Waals surface area contributed by atoms with Crippen molar-refractivity contribution >= 4 is 18.1 Å². The van der Waals surface area contributed by atoms with E-state index in [2.05, 4.69) is 15.1 Å². The molecule has 4 heterocycles. The first-order valence-electron chi connectivity index (χ1n) is 11.8. The number of amidine groups is 1. The number of carbonyl (C=O) groups is 1. The molecule has 1 spiro atoms. The normalized spacial score (nSPS) is 28.5. The number of aromatic amines is 1. The van der Waals surface area contributed by atoms with Crippen LogP contribution < -0.4 is 0 Å². The highest BCUT2D eigenvalue weighted by atomic mass is 19.3. The number of likely N-dealkylation sites (tertiary alicyclic amines) is 1. The van der Waals surface area contributed by atoms with E-state index < -0.39 is 29.7 Å². The third-order valence-corrected chi connectivity index (χ3v) is 8.27. The molecule has 2 aromatic rings. The van der Waals surface area contributed by atoms with E-state index in [9.17, 15) is 22.4 Å². The Morgan fingerprint density at radius 2 is 1.94 bits per heavy atom. The van der Waals surface area contributed by atoms with Crippen molar-refractivity contribution in [1.82, 2.24) is 24.6 Å². The van der Waals surface area contributed by atoms with Gasteiger partial charge in [-0.25, -0.2) is 18.5 Å². The summed E-state index contributed by atoms with van der Waals surface area (Å²) in [6.45, 7) is -1.88. The Balaban J connectivity index is 1.20. The highest BCUT2D eigenvalue weighted by Gasteiger charge is 2.85. The Labute approximate surface area is 198 Å². The lowest BCUT2D eigenvalue weighted by Crippen LogP contribution is -2.58. The minimum Gasteiger partial charge on any atom is -0.358 e. The quantitative estimate of drug-likeness (QED) is 0.379. The van der Waals surface area contributed by atoms with Crippen LogP contribution in [0.1, 0.15) is 44.3 Å². The molecule has 0 radical (unpaired) electrons. The summed E-state index contributed by atoms with van der Waals surface area (Å²) in [7, 11) is 0. The fourth-order valence-electron chi connectivity index (χ4n) is 6.33. The second-order valence-electron chi connectivity index (χ2n) is 9.97. The topological polar surface area (TPSA) is 93.4 Å². The molecule has 4 fully saturated rings. The number of H-pyrrole nitrogens is 1. The van der Waals surface area contributed by atoms with Crippen LogP contribution in [0.2, 0.25) is 0 Å². The fourth-order valence-corrected chi connectivity index (χ4v) is 6.33. The number of nitrogens with zero attached hydrogens (tertiary/aromatic N) is 5. The predicted molar refractivity (Wildman–Crippen MR) is 119 cm³/mol. The van der Waals surface area contributed by atoms with Gasteiger partial charge in [-0.3, -0.25) is 10.2 Å². The summed E-state index contributed by atoms with van der Waals surface area (Å²) in [5, 5.41) is 11.2. The van der Waals surface area contributed by atoms with Crippen LogP contribution in [0.5, 0.6) is 0 Å². The van der Waals surface area contributed by atoms with E-state index in [1.54, 1.807) is 17.2 Å². The van der Waals surface area contributed by atoms with Gasteiger partial charge in [0.1, 0.15) is 12.3 Å². The lowest BCUT2D eigenvalue weighted by atomic mass is 9.79. The number of fused-ring (bicyclic) bond motifs is 2. The minimum absolute atomic E-state index is 0.190. The number of aliphatic imine (C=N–C) groups is 1. The van der Waals surface area contributed by atoms with Gasteiger partial charge in [0.15, 0.2) is 5.84 Å². The molecule has 2 bridgehead atoms. The zero-order chi connectivity index (χ0) is 24.5. The molecular weight excluding hydrogens is 466 g/mol. The highest BCUT2D eigenvalue weighted by molar-refractivity contribution is 6.02. The van der Waals surface area contributed by atoms with Crippen LogP contribution in [0.15, 0.2) is 29.6 Å². The van der Waals surface area contributed by atoms with Crippen LogP contribution in [0.4, 0.5) is 17.6 Å². The van der Waals surface area contributed by atoms with Crippen molar-refractivity contribution in [2.45, 2.75) is 56.7 Å². The SMILES string of the molecule is N=CN=C(c1cc(-c2cnn(C(F)F)c2)c[nH]1)N1CC2CCC(C1)N2C(=O)C1C(F)(F)C12CCC2. The fraction of sp³-hybridized carbons (Fsp3) is 0.565. The smallest absolute Gasteiger partial charge is 0.333 e. The maximum absolute atomic E-state index is 14.5. The molecule has 2 aromatic heterocycles. The van der Waals surface area contributed by atoms with Gasteiger partial charge in [-0.1, -0.05) is 6.42 Å². The maximum atomic E-state index is 14.5. The molecule has 3 atom stereocenters. The number of piperazine rings is 1. The summed E-state index contributed by atoms with van der Waals surface area (Å²) < 4.78 is 55.4. The standard InChI is InChI=1S/C23H25F4N7O/c24-21(25)33-9-14(8-31-33)13-6-17(29-7-13)19(30-12-28)32-10-15-2-3-16(11-32)34(15)20(35)18-22(4-1-5-22)23(18,26)27/h6-9,12,15-16,18,21,28-29H,1-5,10-11H2. The van der Waals surface area contributed by atoms with Crippen molar-refractivity contribution in [3.8, 4) is 11.1 Å². The summed E-state index contributed by atoms with van der Waals surface area (Å²) in [5.41, 5.74) is 0.636. The number of alkyl halides is 4. The van der Waals surface area contributed by atoms with Crippen molar-refractivity contribution in [3.63, 3.8) is 0 Å². The molecule has 8 nitrogen and oxygen atoms in total. The number of hydrogen-bond donors (Lipinski definition) is 2. The van der Waals surface area contributed by atoms with Crippen molar-refractivity contribution in [1.29, 1.82) is 5.41 Å². The van der Waals surface area contributed by atoms with Gasteiger partial charge in [-0.05, 0) is 31.7 Å². The Kier molecular flexibility index (Phi) is 4.88. The molecule has 2 aliphatic carbocycles. The van der Waals surface area contributed by atoms with E-state index in [0.717, 1.165) is 25.6 Å². The van der Waals surface area contributed by atoms with E-state index in [1.165, 1.54) is 12.4 Å². The number of hydrogen-bond acceptors (Lipinski definition) is 3. The van der Waals surface area contributed by atoms with Gasteiger partial charge in [-0.15, -0.1) is 0 Å². The summed E-state index contributed by atoms with van der Waals surface area (Å²) in [5.74, 6) is -4.01. The molecular formula is C23H25F4N7O. The molecule has 35 heavy (non-hydrogen) atoms. The van der Waals surface area contributed by atoms with Gasteiger partial charge in [0.2, 0.25) is 5.91 Å². The van der Waals surface area contributed by atoms with E-state index in [0.29, 0.717) is 53.3 Å². The molecule has 6 rings (SSSR count). The van der Waals surface area contributed by atoms with Crippen molar-refractivity contribution in [2.24, 2.45) is 16.3 Å². The lowest BCUT2D eigenvalue weighted by molar-refractivity contribution is -0.140. The Morgan fingerprint density at radius 3 is 2.49 bits per heavy atom. The van der Waals surface area contributed by atoms with Gasteiger partial charge in [0.05, 0.1) is 17.3 Å². The number of amides is 1. The highest BCUT2D eigenvalue weighted by Crippen LogP contribution is 2.76. The predicted octanol–water partition coefficient (Wildman–Crippen LogP) is 3.74. The first-order valence-corrected chi connectivity index (χ1v) is 11.8. The van der Waals surface area contributed by atoms with Crippen LogP contribution in [0.3, 0.4) is 0 Å². The number of carbonyl (C=O) groups excluding carboxylic acids is 1. The van der Waals surface area contributed by atoms with Gasteiger partial charge < -0.3 is 14.8 Å². The Bertz CT molecular complexity index is 1190. The van der Waals surface area contributed by atoms with Crippen molar-refractivity contribution < 1.29 is 22.4 Å². The van der Waals surface area contributed by atoms with E-state index >= 15 is 0 Å². The van der Waals surface area contributed by atoms with Crippen LogP contribution >= 0.6 is 0 Å². The van der Waals surface area contributed by atoms with E-state index in [4.69, 9.17) is 5.41 Å². The number of nitrogens with one attached hydrogen (secondary N) is 2. The zero-order valence-corrected chi connectivity index (χ0v) is 18.8. The van der Waals surface area contributed by atoms with E-state index in [-0.39, 0.29) is 12.1 Å². The molecule has 2 aliphatic heterocycles. The van der Waals surface area contributed by atoms with Crippen molar-refractivity contribution in [2.75, 3.05) is 13.1 Å². The first-order chi connectivity index (χ1) is 16.8. The molecule has 2 N–H and O–H groups in total. The average Bonchev–Trinajstić information content (AvgIpc) is 3.29. The Hall–Kier alpha value is -3.18. The van der Waals surface area contributed by atoms with Crippen molar-refractivity contribution in [3.05, 3.63) is 30.4 Å². The largest absolute Gasteiger partial charge is 0.358 e. The van der Waals surface area contributed by atoms with Crippen LogP contribution in [-0.2, 0) is 4.79 Å². The van der Waals surface area contributed by atoms with Crippen LogP contribution in [0, 0.1) is 16.7 Å². The molecule has 2 saturated carbocycles. The molecule has 2 saturated heterocycles. The summed E-state index contributed by atoms with van der Waals surface area (Å²) >= 11 is 0. The van der Waals surface area contributed by atoms with Crippen LogP contribution in [-0.4, -0.2) is 73.7 Å². The van der Waals surface area contributed by atoms with Gasteiger partial charge in [0.25, 0.3) is 5.92 Å². The second kappa shape index (κ2) is 7.66. The summed E-state index contributed by atoms with van der Waals surface area (Å²) in [4.78, 5) is 24.2. The molecule has 1 amide bonds. The van der Waals surface area contributed by atoms with Crippen LogP contribution in [0.25, 0.3) is 11.1 Å². The van der Waals surface area contributed by atoms with Gasteiger partial charge >= 0.3 is 6.55 Å². The first kappa shape index (κ1) is 22.3. The number of aromatic nitrogens is 3. The minimum atomic E-state index is -2.90. The lowest BCUT2D eigenvalue weighted by Gasteiger charge is -2.42. The number of halogens is 4. The molecule has 186 valence electrons. The molecule has 12 heteroatoms. The third-order valence-electron chi connectivity index (χ3n) is 8.27. The summed E-state index contributed by atoms with van der Waals surface area (Å²) in [6.07, 6.45) is 8.25. The van der Waals surface area contributed by atoms with Gasteiger partial charge in [-0.2, -0.15) is 13.9 Å². The zero-order valence-electron chi connectivity index (χ0n) is 18.8. The van der Waals surface area contributed by atoms with E-state index in [1.807, 2.05) is 4.90 Å². The second-order valence-corrected chi connectivity index (χ2v) is 9.97. The summed E-state index contributed by atoms with van der Waals surface area (Å²) in [6, 6.07) is 1.37. The monoisotopic (exact) mass is 491 g/mol. The molecule has 0 aromatic carbocycles. The van der Waals surface area contributed by atoms with Gasteiger partial charge in [0, 0.05) is 48.7 Å². The Morgan fingerprint density at radius 1 is 1.23 bits per heavy atom. The molecule has 4 aliphatic rings. The third kappa shape index (κ3) is 3.17. The maximum Gasteiger partial charge on any atom is 0.333 e. The average molecular weight is 491 g/mol. The number of rotatable bonds is 5. The molecule has 3 unspecified atom stereocenters.